The second kappa shape index (κ2) is 3.82. The van der Waals surface area contributed by atoms with Crippen LogP contribution in [0.15, 0.2) is 30.7 Å². The predicted molar refractivity (Wildman–Crippen MR) is 56.4 cm³/mol. The molecule has 5 heteroatoms. The Labute approximate surface area is 91.5 Å². The van der Waals surface area contributed by atoms with E-state index >= 15 is 0 Å². The van der Waals surface area contributed by atoms with Crippen LogP contribution in [0.5, 0.6) is 0 Å². The predicted octanol–water partition coefficient (Wildman–Crippen LogP) is 2.12. The molecular weight excluding hydrogens is 214 g/mol. The quantitative estimate of drug-likeness (QED) is 0.730. The van der Waals surface area contributed by atoms with E-state index in [0.29, 0.717) is 16.4 Å². The highest BCUT2D eigenvalue weighted by atomic mass is 35.5. The van der Waals surface area contributed by atoms with Gasteiger partial charge in [0.25, 0.3) is 0 Å². The molecule has 0 spiro atoms. The van der Waals surface area contributed by atoms with Crippen molar-refractivity contribution >= 4 is 17.4 Å². The minimum absolute atomic E-state index is 0.00287. The summed E-state index contributed by atoms with van der Waals surface area (Å²) in [6, 6.07) is 3.34. The van der Waals surface area contributed by atoms with Crippen LogP contribution in [-0.2, 0) is 0 Å². The van der Waals surface area contributed by atoms with Gasteiger partial charge in [0.15, 0.2) is 11.6 Å². The van der Waals surface area contributed by atoms with E-state index in [0.717, 1.165) is 0 Å². The standard InChI is InChI=1S/C10H8ClN3O/c1-7(15)8-2-3-12-10(4-8)14-6-9(11)5-13-14/h2-6H,1H3. The number of nitrogens with zero attached hydrogens (tertiary/aromatic N) is 3. The lowest BCUT2D eigenvalue weighted by Crippen LogP contribution is -2.00. The van der Waals surface area contributed by atoms with E-state index in [1.165, 1.54) is 17.8 Å². The maximum absolute atomic E-state index is 11.2. The second-order valence-corrected chi connectivity index (χ2v) is 3.50. The number of carbonyl (C=O) groups excluding carboxylic acids is 1. The summed E-state index contributed by atoms with van der Waals surface area (Å²) in [4.78, 5) is 15.2. The fraction of sp³-hybridized carbons (Fsp3) is 0.100. The molecule has 0 aromatic carbocycles. The minimum atomic E-state index is -0.00287. The van der Waals surface area contributed by atoms with Crippen LogP contribution in [0.3, 0.4) is 0 Å². The van der Waals surface area contributed by atoms with Crippen molar-refractivity contribution in [1.82, 2.24) is 14.8 Å². The first kappa shape index (κ1) is 9.86. The molecule has 76 valence electrons. The van der Waals surface area contributed by atoms with Crippen molar-refractivity contribution in [3.63, 3.8) is 0 Å². The maximum atomic E-state index is 11.2. The van der Waals surface area contributed by atoms with Gasteiger partial charge in [0.05, 0.1) is 17.4 Å². The van der Waals surface area contributed by atoms with Gasteiger partial charge in [0, 0.05) is 11.8 Å². The average molecular weight is 222 g/mol. The van der Waals surface area contributed by atoms with E-state index in [-0.39, 0.29) is 5.78 Å². The van der Waals surface area contributed by atoms with E-state index in [2.05, 4.69) is 10.1 Å². The summed E-state index contributed by atoms with van der Waals surface area (Å²) in [5, 5.41) is 4.53. The average Bonchev–Trinajstić information content (AvgIpc) is 2.65. The first-order valence-corrected chi connectivity index (χ1v) is 4.72. The zero-order valence-electron chi connectivity index (χ0n) is 8.01. The van der Waals surface area contributed by atoms with Crippen molar-refractivity contribution in [1.29, 1.82) is 0 Å². The normalized spacial score (nSPS) is 10.3. The van der Waals surface area contributed by atoms with Crippen molar-refractivity contribution < 1.29 is 4.79 Å². The van der Waals surface area contributed by atoms with E-state index < -0.39 is 0 Å². The highest BCUT2D eigenvalue weighted by Gasteiger charge is 2.04. The number of hydrogen-bond donors (Lipinski definition) is 0. The molecule has 0 atom stereocenters. The lowest BCUT2D eigenvalue weighted by atomic mass is 10.2. The number of carbonyl (C=O) groups is 1. The number of rotatable bonds is 2. The molecule has 0 saturated carbocycles. The van der Waals surface area contributed by atoms with E-state index in [4.69, 9.17) is 11.6 Å². The fourth-order valence-electron chi connectivity index (χ4n) is 1.19. The summed E-state index contributed by atoms with van der Waals surface area (Å²) in [6.07, 6.45) is 4.72. The summed E-state index contributed by atoms with van der Waals surface area (Å²) in [5.74, 6) is 0.575. The Morgan fingerprint density at radius 2 is 2.33 bits per heavy atom. The van der Waals surface area contributed by atoms with Crippen LogP contribution in [0.1, 0.15) is 17.3 Å². The second-order valence-electron chi connectivity index (χ2n) is 3.06. The Kier molecular flexibility index (Phi) is 2.51. The Balaban J connectivity index is 2.45. The van der Waals surface area contributed by atoms with Gasteiger partial charge in [-0.2, -0.15) is 5.10 Å². The molecule has 2 aromatic rings. The third-order valence-electron chi connectivity index (χ3n) is 1.94. The molecule has 0 amide bonds. The van der Waals surface area contributed by atoms with Crippen LogP contribution in [0.2, 0.25) is 5.02 Å². The largest absolute Gasteiger partial charge is 0.295 e. The van der Waals surface area contributed by atoms with Crippen LogP contribution in [0, 0.1) is 0 Å². The Bertz CT molecular complexity index is 507. The van der Waals surface area contributed by atoms with Gasteiger partial charge < -0.3 is 0 Å². The molecule has 0 aliphatic rings. The molecule has 0 saturated heterocycles. The first-order chi connectivity index (χ1) is 7.16. The van der Waals surface area contributed by atoms with Gasteiger partial charge in [-0.05, 0) is 19.1 Å². The number of pyridine rings is 1. The summed E-state index contributed by atoms with van der Waals surface area (Å²) in [5.41, 5.74) is 0.603. The van der Waals surface area contributed by atoms with E-state index in [1.54, 1.807) is 24.5 Å². The number of aromatic nitrogens is 3. The molecule has 2 heterocycles. The summed E-state index contributed by atoms with van der Waals surface area (Å²) >= 11 is 5.73. The third-order valence-corrected chi connectivity index (χ3v) is 2.13. The summed E-state index contributed by atoms with van der Waals surface area (Å²) in [6.45, 7) is 1.51. The van der Waals surface area contributed by atoms with Gasteiger partial charge in [-0.3, -0.25) is 4.79 Å². The summed E-state index contributed by atoms with van der Waals surface area (Å²) < 4.78 is 1.52. The SMILES string of the molecule is CC(=O)c1ccnc(-n2cc(Cl)cn2)c1. The van der Waals surface area contributed by atoms with Crippen molar-refractivity contribution in [2.75, 3.05) is 0 Å². The third kappa shape index (κ3) is 2.05. The van der Waals surface area contributed by atoms with Gasteiger partial charge in [-0.1, -0.05) is 11.6 Å². The van der Waals surface area contributed by atoms with Crippen LogP contribution in [0.25, 0.3) is 5.82 Å². The lowest BCUT2D eigenvalue weighted by Gasteiger charge is -2.01. The molecule has 4 nitrogen and oxygen atoms in total. The topological polar surface area (TPSA) is 47.8 Å². The molecule has 0 bridgehead atoms. The van der Waals surface area contributed by atoms with Crippen molar-refractivity contribution in [3.8, 4) is 5.82 Å². The van der Waals surface area contributed by atoms with Gasteiger partial charge in [0.1, 0.15) is 0 Å². The molecule has 0 N–H and O–H groups in total. The number of ketones is 1. The minimum Gasteiger partial charge on any atom is -0.295 e. The van der Waals surface area contributed by atoms with E-state index in [9.17, 15) is 4.79 Å². The molecule has 0 aliphatic carbocycles. The molecular formula is C10H8ClN3O. The Hall–Kier alpha value is -1.68. The summed E-state index contributed by atoms with van der Waals surface area (Å²) in [7, 11) is 0. The number of hydrogen-bond acceptors (Lipinski definition) is 3. The van der Waals surface area contributed by atoms with Gasteiger partial charge in [-0.15, -0.1) is 0 Å². The molecule has 0 unspecified atom stereocenters. The maximum Gasteiger partial charge on any atom is 0.159 e. The Morgan fingerprint density at radius 1 is 1.53 bits per heavy atom. The van der Waals surface area contributed by atoms with Crippen LogP contribution in [-0.4, -0.2) is 20.5 Å². The molecule has 0 radical (unpaired) electrons. The number of Topliss-reactive ketones (excluding diaryl/α,β-unsaturated/α-hetero) is 1. The van der Waals surface area contributed by atoms with Crippen molar-refractivity contribution in [2.45, 2.75) is 6.92 Å². The molecule has 2 rings (SSSR count). The monoisotopic (exact) mass is 221 g/mol. The van der Waals surface area contributed by atoms with Crippen molar-refractivity contribution in [2.24, 2.45) is 0 Å². The lowest BCUT2D eigenvalue weighted by molar-refractivity contribution is 0.101. The van der Waals surface area contributed by atoms with Crippen molar-refractivity contribution in [3.05, 3.63) is 41.3 Å². The van der Waals surface area contributed by atoms with Gasteiger partial charge in [0.2, 0.25) is 0 Å². The molecule has 0 fully saturated rings. The number of halogens is 1. The van der Waals surface area contributed by atoms with Crippen LogP contribution >= 0.6 is 11.6 Å². The Morgan fingerprint density at radius 3 is 2.93 bits per heavy atom. The van der Waals surface area contributed by atoms with Crippen LogP contribution in [0.4, 0.5) is 0 Å². The van der Waals surface area contributed by atoms with Crippen LogP contribution < -0.4 is 0 Å². The van der Waals surface area contributed by atoms with Gasteiger partial charge >= 0.3 is 0 Å². The highest BCUT2D eigenvalue weighted by molar-refractivity contribution is 6.30. The smallest absolute Gasteiger partial charge is 0.159 e. The van der Waals surface area contributed by atoms with Gasteiger partial charge in [-0.25, -0.2) is 9.67 Å². The first-order valence-electron chi connectivity index (χ1n) is 4.34. The molecule has 0 aliphatic heterocycles. The van der Waals surface area contributed by atoms with E-state index in [1.807, 2.05) is 0 Å². The zero-order chi connectivity index (χ0) is 10.8. The highest BCUT2D eigenvalue weighted by Crippen LogP contribution is 2.11. The molecule has 15 heavy (non-hydrogen) atoms. The zero-order valence-corrected chi connectivity index (χ0v) is 8.77. The fourth-order valence-corrected chi connectivity index (χ4v) is 1.32. The molecule has 2 aromatic heterocycles.